The van der Waals surface area contributed by atoms with E-state index in [1.807, 2.05) is 19.1 Å². The Morgan fingerprint density at radius 2 is 2.23 bits per heavy atom. The third-order valence-electron chi connectivity index (χ3n) is 2.80. The van der Waals surface area contributed by atoms with Crippen molar-refractivity contribution in [1.82, 2.24) is 4.98 Å². The number of aliphatic carboxylic acids is 1. The molecule has 7 heteroatoms. The Kier molecular flexibility index (Phi) is 5.79. The van der Waals surface area contributed by atoms with Crippen molar-refractivity contribution >= 4 is 33.2 Å². The van der Waals surface area contributed by atoms with E-state index in [1.165, 1.54) is 11.3 Å². The average Bonchev–Trinajstić information content (AvgIpc) is 2.92. The third kappa shape index (κ3) is 3.98. The molecule has 0 saturated heterocycles. The molecule has 1 aromatic carbocycles. The summed E-state index contributed by atoms with van der Waals surface area (Å²) in [6.45, 7) is 2.59. The first-order valence-electron chi connectivity index (χ1n) is 6.72. The topological polar surface area (TPSA) is 68.7 Å². The zero-order valence-corrected chi connectivity index (χ0v) is 14.7. The van der Waals surface area contributed by atoms with Crippen LogP contribution < -0.4 is 9.47 Å². The fourth-order valence-electron chi connectivity index (χ4n) is 1.90. The summed E-state index contributed by atoms with van der Waals surface area (Å²) in [4.78, 5) is 15.2. The van der Waals surface area contributed by atoms with Crippen LogP contribution in [0.5, 0.6) is 11.5 Å². The normalized spacial score (nSPS) is 10.5. The molecule has 0 aliphatic heterocycles. The first kappa shape index (κ1) is 16.8. The molecule has 0 aliphatic rings. The summed E-state index contributed by atoms with van der Waals surface area (Å²) >= 11 is 4.84. The summed E-state index contributed by atoms with van der Waals surface area (Å²) in [6.07, 6.45) is 0.785. The molecule has 0 atom stereocenters. The number of benzene rings is 1. The van der Waals surface area contributed by atoms with Gasteiger partial charge in [0.1, 0.15) is 5.01 Å². The zero-order chi connectivity index (χ0) is 16.1. The van der Waals surface area contributed by atoms with Crippen LogP contribution in [-0.2, 0) is 11.2 Å². The summed E-state index contributed by atoms with van der Waals surface area (Å²) in [5.74, 6) is 0.350. The fraction of sp³-hybridized carbons (Fsp3) is 0.333. The molecule has 0 fully saturated rings. The van der Waals surface area contributed by atoms with E-state index in [0.717, 1.165) is 16.5 Å². The highest BCUT2D eigenvalue weighted by Gasteiger charge is 2.17. The number of aromatic nitrogens is 1. The van der Waals surface area contributed by atoms with Gasteiger partial charge in [-0.3, -0.25) is 4.79 Å². The Hall–Kier alpha value is -1.60. The SMILES string of the molecule is CCCOc1c(OC)cc(Br)cc1-c1nc(CC(=O)O)cs1. The predicted octanol–water partition coefficient (Wildman–Crippen LogP) is 4.00. The summed E-state index contributed by atoms with van der Waals surface area (Å²) in [6, 6.07) is 3.73. The number of rotatable bonds is 7. The van der Waals surface area contributed by atoms with Gasteiger partial charge in [-0.15, -0.1) is 11.3 Å². The van der Waals surface area contributed by atoms with Crippen LogP contribution in [0.2, 0.25) is 0 Å². The van der Waals surface area contributed by atoms with Crippen LogP contribution in [-0.4, -0.2) is 29.8 Å². The number of methoxy groups -OCH3 is 1. The Morgan fingerprint density at radius 3 is 2.86 bits per heavy atom. The monoisotopic (exact) mass is 385 g/mol. The molecule has 0 spiro atoms. The first-order valence-corrected chi connectivity index (χ1v) is 8.39. The van der Waals surface area contributed by atoms with Gasteiger partial charge in [0.2, 0.25) is 0 Å². The van der Waals surface area contributed by atoms with E-state index >= 15 is 0 Å². The molecule has 1 aromatic heterocycles. The number of ether oxygens (including phenoxy) is 2. The van der Waals surface area contributed by atoms with Gasteiger partial charge in [-0.2, -0.15) is 0 Å². The van der Waals surface area contributed by atoms with Gasteiger partial charge in [-0.25, -0.2) is 4.98 Å². The van der Waals surface area contributed by atoms with Crippen molar-refractivity contribution in [1.29, 1.82) is 0 Å². The van der Waals surface area contributed by atoms with Gasteiger partial charge in [0.25, 0.3) is 0 Å². The first-order chi connectivity index (χ1) is 10.5. The quantitative estimate of drug-likeness (QED) is 0.779. The van der Waals surface area contributed by atoms with E-state index in [9.17, 15) is 4.79 Å². The van der Waals surface area contributed by atoms with Crippen LogP contribution in [0.4, 0.5) is 0 Å². The standard InChI is InChI=1S/C15H16BrNO4S/c1-3-4-21-14-11(5-9(16)6-12(14)20-2)15-17-10(8-22-15)7-13(18)19/h5-6,8H,3-4,7H2,1-2H3,(H,18,19). The van der Waals surface area contributed by atoms with Crippen LogP contribution in [0, 0.1) is 0 Å². The minimum absolute atomic E-state index is 0.0905. The number of hydrogen-bond acceptors (Lipinski definition) is 5. The van der Waals surface area contributed by atoms with Gasteiger partial charge < -0.3 is 14.6 Å². The van der Waals surface area contributed by atoms with Crippen LogP contribution >= 0.6 is 27.3 Å². The highest BCUT2D eigenvalue weighted by Crippen LogP contribution is 2.42. The Labute approximate surface area is 141 Å². The maximum atomic E-state index is 10.8. The third-order valence-corrected chi connectivity index (χ3v) is 4.19. The molecule has 1 N–H and O–H groups in total. The number of halogens is 1. The summed E-state index contributed by atoms with van der Waals surface area (Å²) < 4.78 is 12.0. The lowest BCUT2D eigenvalue weighted by Crippen LogP contribution is -2.01. The van der Waals surface area contributed by atoms with Crippen molar-refractivity contribution < 1.29 is 19.4 Å². The van der Waals surface area contributed by atoms with Crippen LogP contribution in [0.3, 0.4) is 0 Å². The lowest BCUT2D eigenvalue weighted by atomic mass is 10.2. The molecule has 22 heavy (non-hydrogen) atoms. The Morgan fingerprint density at radius 1 is 1.45 bits per heavy atom. The molecule has 1 heterocycles. The molecule has 0 bridgehead atoms. The molecule has 2 rings (SSSR count). The largest absolute Gasteiger partial charge is 0.493 e. The van der Waals surface area contributed by atoms with Crippen molar-refractivity contribution in [2.24, 2.45) is 0 Å². The molecule has 0 amide bonds. The summed E-state index contributed by atoms with van der Waals surface area (Å²) in [7, 11) is 1.59. The van der Waals surface area contributed by atoms with Crippen molar-refractivity contribution in [3.05, 3.63) is 27.7 Å². The van der Waals surface area contributed by atoms with E-state index in [-0.39, 0.29) is 6.42 Å². The second kappa shape index (κ2) is 7.60. The van der Waals surface area contributed by atoms with Gasteiger partial charge >= 0.3 is 5.97 Å². The number of hydrogen-bond donors (Lipinski definition) is 1. The molecular weight excluding hydrogens is 370 g/mol. The molecule has 2 aromatic rings. The molecule has 0 saturated carbocycles. The Balaban J connectivity index is 2.45. The van der Waals surface area contributed by atoms with Gasteiger partial charge in [-0.05, 0) is 18.6 Å². The van der Waals surface area contributed by atoms with Crippen LogP contribution in [0.25, 0.3) is 10.6 Å². The predicted molar refractivity (Wildman–Crippen MR) is 88.9 cm³/mol. The highest BCUT2D eigenvalue weighted by atomic mass is 79.9. The van der Waals surface area contributed by atoms with Crippen molar-refractivity contribution in [3.63, 3.8) is 0 Å². The van der Waals surface area contributed by atoms with Crippen molar-refractivity contribution in [3.8, 4) is 22.1 Å². The Bertz CT molecular complexity index is 672. The summed E-state index contributed by atoms with van der Waals surface area (Å²) in [5.41, 5.74) is 1.33. The fourth-order valence-corrected chi connectivity index (χ4v) is 3.17. The van der Waals surface area contributed by atoms with E-state index < -0.39 is 5.97 Å². The lowest BCUT2D eigenvalue weighted by Gasteiger charge is -2.14. The molecule has 5 nitrogen and oxygen atoms in total. The number of nitrogens with zero attached hydrogens (tertiary/aromatic N) is 1. The van der Waals surface area contributed by atoms with Crippen LogP contribution in [0.15, 0.2) is 22.0 Å². The van der Waals surface area contributed by atoms with Crippen LogP contribution in [0.1, 0.15) is 19.0 Å². The molecule has 0 radical (unpaired) electrons. The van der Waals surface area contributed by atoms with E-state index in [0.29, 0.717) is 28.8 Å². The van der Waals surface area contributed by atoms with E-state index in [4.69, 9.17) is 14.6 Å². The van der Waals surface area contributed by atoms with Crippen molar-refractivity contribution in [2.45, 2.75) is 19.8 Å². The number of carboxylic acids is 1. The molecule has 0 unspecified atom stereocenters. The number of carboxylic acid groups (broad SMARTS) is 1. The minimum atomic E-state index is -0.897. The van der Waals surface area contributed by atoms with Gasteiger partial charge in [0.15, 0.2) is 11.5 Å². The van der Waals surface area contributed by atoms with Crippen molar-refractivity contribution in [2.75, 3.05) is 13.7 Å². The second-order valence-corrected chi connectivity index (χ2v) is 6.32. The van der Waals surface area contributed by atoms with E-state index in [1.54, 1.807) is 12.5 Å². The average molecular weight is 386 g/mol. The number of carbonyl (C=O) groups is 1. The second-order valence-electron chi connectivity index (χ2n) is 4.55. The van der Waals surface area contributed by atoms with E-state index in [2.05, 4.69) is 20.9 Å². The summed E-state index contributed by atoms with van der Waals surface area (Å²) in [5, 5.41) is 11.3. The highest BCUT2D eigenvalue weighted by molar-refractivity contribution is 9.10. The van der Waals surface area contributed by atoms with Gasteiger partial charge in [0.05, 0.1) is 31.4 Å². The maximum absolute atomic E-state index is 10.8. The number of thiazole rings is 1. The maximum Gasteiger partial charge on any atom is 0.309 e. The van der Waals surface area contributed by atoms with Gasteiger partial charge in [0, 0.05) is 9.85 Å². The molecule has 0 aliphatic carbocycles. The molecular formula is C15H16BrNO4S. The smallest absolute Gasteiger partial charge is 0.309 e. The lowest BCUT2D eigenvalue weighted by molar-refractivity contribution is -0.136. The zero-order valence-electron chi connectivity index (χ0n) is 12.3. The molecule has 118 valence electrons. The minimum Gasteiger partial charge on any atom is -0.493 e. The van der Waals surface area contributed by atoms with Gasteiger partial charge in [-0.1, -0.05) is 22.9 Å².